The van der Waals surface area contributed by atoms with Gasteiger partial charge in [-0.3, -0.25) is 4.79 Å². The summed E-state index contributed by atoms with van der Waals surface area (Å²) in [7, 11) is -3.87. The molecule has 2 aromatic rings. The lowest BCUT2D eigenvalue weighted by Gasteiger charge is -2.26. The molecule has 204 valence electrons. The van der Waals surface area contributed by atoms with Crippen molar-refractivity contribution in [2.75, 3.05) is 11.5 Å². The molecule has 37 heavy (non-hydrogen) atoms. The summed E-state index contributed by atoms with van der Waals surface area (Å²) in [6, 6.07) is 5.27. The summed E-state index contributed by atoms with van der Waals surface area (Å²) in [5.74, 6) is 2.22. The first kappa shape index (κ1) is 28.5. The number of benzene rings is 1. The first-order valence-corrected chi connectivity index (χ1v) is 16.5. The minimum Gasteiger partial charge on any atom is -0.386 e. The molecule has 2 fully saturated rings. The van der Waals surface area contributed by atoms with Crippen LogP contribution in [0.15, 0.2) is 23.1 Å². The van der Waals surface area contributed by atoms with E-state index in [4.69, 9.17) is 4.98 Å². The molecule has 1 amide bonds. The number of hydrogen-bond donors (Lipinski definition) is 3. The number of rotatable bonds is 8. The molecule has 0 spiro atoms. The summed E-state index contributed by atoms with van der Waals surface area (Å²) in [6.07, 6.45) is 6.80. The zero-order valence-corrected chi connectivity index (χ0v) is 24.8. The predicted molar refractivity (Wildman–Crippen MR) is 152 cm³/mol. The van der Waals surface area contributed by atoms with Crippen LogP contribution in [0, 0.1) is 5.92 Å². The monoisotopic (exact) mass is 565 g/mol. The maximum atomic E-state index is 13.2. The van der Waals surface area contributed by atoms with Gasteiger partial charge in [0, 0.05) is 28.6 Å². The van der Waals surface area contributed by atoms with Crippen molar-refractivity contribution in [2.45, 2.75) is 95.2 Å². The van der Waals surface area contributed by atoms with Gasteiger partial charge in [-0.2, -0.15) is 11.8 Å². The second kappa shape index (κ2) is 11.0. The van der Waals surface area contributed by atoms with Crippen LogP contribution in [0.5, 0.6) is 0 Å². The van der Waals surface area contributed by atoms with Crippen molar-refractivity contribution in [3.63, 3.8) is 0 Å². The number of nitrogens with zero attached hydrogens (tertiary/aromatic N) is 1. The third-order valence-corrected chi connectivity index (χ3v) is 10.9. The van der Waals surface area contributed by atoms with Gasteiger partial charge in [-0.15, -0.1) is 11.3 Å². The van der Waals surface area contributed by atoms with Crippen molar-refractivity contribution >= 4 is 39.0 Å². The van der Waals surface area contributed by atoms with E-state index in [1.807, 2.05) is 11.8 Å². The molecule has 0 atom stereocenters. The Morgan fingerprint density at radius 1 is 1.11 bits per heavy atom. The lowest BCUT2D eigenvalue weighted by molar-refractivity contribution is 0.0755. The van der Waals surface area contributed by atoms with Crippen LogP contribution in [0.4, 0.5) is 0 Å². The third kappa shape index (κ3) is 7.15. The topological polar surface area (TPSA) is 108 Å². The van der Waals surface area contributed by atoms with E-state index in [9.17, 15) is 18.3 Å². The number of aliphatic hydroxyl groups is 1. The second-order valence-corrected chi connectivity index (χ2v) is 15.6. The Hall–Kier alpha value is -1.46. The largest absolute Gasteiger partial charge is 0.386 e. The van der Waals surface area contributed by atoms with Crippen LogP contribution >= 0.6 is 23.1 Å². The van der Waals surface area contributed by atoms with Gasteiger partial charge in [0.2, 0.25) is 10.0 Å². The van der Waals surface area contributed by atoms with Crippen molar-refractivity contribution in [3.05, 3.63) is 34.5 Å². The van der Waals surface area contributed by atoms with Crippen molar-refractivity contribution in [1.82, 2.24) is 15.0 Å². The highest BCUT2D eigenvalue weighted by Crippen LogP contribution is 2.38. The van der Waals surface area contributed by atoms with Gasteiger partial charge < -0.3 is 10.4 Å². The van der Waals surface area contributed by atoms with Gasteiger partial charge in [-0.25, -0.2) is 18.1 Å². The van der Waals surface area contributed by atoms with Gasteiger partial charge in [0.15, 0.2) is 5.01 Å². The molecule has 4 rings (SSSR count). The molecule has 2 heterocycles. The summed E-state index contributed by atoms with van der Waals surface area (Å²) in [6.45, 7) is 8.53. The third-order valence-electron chi connectivity index (χ3n) is 6.70. The number of sulfonamides is 1. The normalized spacial score (nSPS) is 18.0. The average molecular weight is 566 g/mol. The van der Waals surface area contributed by atoms with Crippen LogP contribution in [-0.4, -0.2) is 47.5 Å². The van der Waals surface area contributed by atoms with Crippen molar-refractivity contribution in [1.29, 1.82) is 0 Å². The molecule has 0 bridgehead atoms. The van der Waals surface area contributed by atoms with Gasteiger partial charge in [0.25, 0.3) is 5.91 Å². The Morgan fingerprint density at radius 2 is 1.78 bits per heavy atom. The van der Waals surface area contributed by atoms with Crippen LogP contribution in [0.2, 0.25) is 0 Å². The highest BCUT2D eigenvalue weighted by atomic mass is 32.2. The molecule has 1 aromatic carbocycles. The first-order chi connectivity index (χ1) is 17.2. The fourth-order valence-corrected chi connectivity index (χ4v) is 8.28. The highest BCUT2D eigenvalue weighted by molar-refractivity contribution is 8.00. The molecule has 1 saturated heterocycles. The molecule has 0 radical (unpaired) electrons. The number of hydrogen-bond acceptors (Lipinski definition) is 7. The number of thioether (sulfide) groups is 1. The molecule has 1 aliphatic heterocycles. The molecule has 2 aliphatic rings. The number of carbonyl (C=O) groups is 1. The summed E-state index contributed by atoms with van der Waals surface area (Å²) in [4.78, 5) is 18.7. The smallest absolute Gasteiger partial charge is 0.280 e. The molecular formula is C27H39N3O4S3. The highest BCUT2D eigenvalue weighted by Gasteiger charge is 2.32. The minimum absolute atomic E-state index is 0.0532. The van der Waals surface area contributed by atoms with Gasteiger partial charge in [0.1, 0.15) is 0 Å². The van der Waals surface area contributed by atoms with E-state index in [1.54, 1.807) is 52.8 Å². The Balaban J connectivity index is 1.75. The molecule has 3 N–H and O–H groups in total. The van der Waals surface area contributed by atoms with E-state index < -0.39 is 21.2 Å². The standard InChI is InChI=1S/C27H39N3O4S3/c1-26(2,3)30-37(33,34)22-12-11-18(14-20(22)27(4,5)32)23-21(13-17-9-7-6-8-10-17)29-25(36-23)24(31)28-19-15-35-16-19/h11-12,14,17,19,30,32H,6-10,13,15-16H2,1-5H3,(H,28,31). The number of thiazole rings is 1. The van der Waals surface area contributed by atoms with Gasteiger partial charge in [0.05, 0.1) is 21.1 Å². The molecule has 1 saturated carbocycles. The van der Waals surface area contributed by atoms with E-state index in [1.165, 1.54) is 30.6 Å². The number of aromatic nitrogens is 1. The maximum absolute atomic E-state index is 13.2. The van der Waals surface area contributed by atoms with Crippen molar-refractivity contribution in [2.24, 2.45) is 5.92 Å². The zero-order valence-electron chi connectivity index (χ0n) is 22.4. The van der Waals surface area contributed by atoms with Crippen LogP contribution in [0.3, 0.4) is 0 Å². The SMILES string of the molecule is CC(C)(C)NS(=O)(=O)c1ccc(-c2sc(C(=O)NC3CSC3)nc2CC2CCCCC2)cc1C(C)(C)O. The second-order valence-electron chi connectivity index (χ2n) is 11.8. The van der Waals surface area contributed by atoms with Crippen molar-refractivity contribution in [3.8, 4) is 10.4 Å². The zero-order chi connectivity index (χ0) is 27.0. The van der Waals surface area contributed by atoms with Crippen LogP contribution < -0.4 is 10.0 Å². The lowest BCUT2D eigenvalue weighted by atomic mass is 9.85. The fraction of sp³-hybridized carbons (Fsp3) is 0.630. The lowest BCUT2D eigenvalue weighted by Crippen LogP contribution is -2.43. The summed E-state index contributed by atoms with van der Waals surface area (Å²) in [5, 5.41) is 14.5. The quantitative estimate of drug-likeness (QED) is 0.412. The molecule has 10 heteroatoms. The van der Waals surface area contributed by atoms with Crippen molar-refractivity contribution < 1.29 is 18.3 Å². The fourth-order valence-electron chi connectivity index (χ4n) is 4.89. The van der Waals surface area contributed by atoms with Crippen LogP contribution in [-0.2, 0) is 22.0 Å². The Bertz CT molecular complexity index is 1230. The van der Waals surface area contributed by atoms with Crippen LogP contribution in [0.1, 0.15) is 87.8 Å². The summed E-state index contributed by atoms with van der Waals surface area (Å²) in [5.41, 5.74) is -0.0888. The number of carbonyl (C=O) groups excluding carboxylic acids is 1. The van der Waals surface area contributed by atoms with Gasteiger partial charge in [-0.05, 0) is 64.7 Å². The summed E-state index contributed by atoms with van der Waals surface area (Å²) >= 11 is 3.16. The first-order valence-electron chi connectivity index (χ1n) is 13.0. The maximum Gasteiger partial charge on any atom is 0.280 e. The Labute approximate surface area is 229 Å². The van der Waals surface area contributed by atoms with E-state index >= 15 is 0 Å². The van der Waals surface area contributed by atoms with Crippen LogP contribution in [0.25, 0.3) is 10.4 Å². The van der Waals surface area contributed by atoms with E-state index in [0.29, 0.717) is 16.5 Å². The van der Waals surface area contributed by atoms with E-state index in [0.717, 1.165) is 46.9 Å². The van der Waals surface area contributed by atoms with Gasteiger partial charge in [-0.1, -0.05) is 38.2 Å². The molecular weight excluding hydrogens is 527 g/mol. The van der Waals surface area contributed by atoms with E-state index in [-0.39, 0.29) is 16.8 Å². The Kier molecular flexibility index (Phi) is 8.46. The number of nitrogens with one attached hydrogen (secondary N) is 2. The molecule has 0 unspecified atom stereocenters. The Morgan fingerprint density at radius 3 is 2.35 bits per heavy atom. The number of amides is 1. The minimum atomic E-state index is -3.87. The summed E-state index contributed by atoms with van der Waals surface area (Å²) < 4.78 is 29.2. The predicted octanol–water partition coefficient (Wildman–Crippen LogP) is 5.08. The molecule has 7 nitrogen and oxygen atoms in total. The molecule has 1 aromatic heterocycles. The molecule has 1 aliphatic carbocycles. The van der Waals surface area contributed by atoms with Gasteiger partial charge >= 0.3 is 0 Å². The average Bonchev–Trinajstić information content (AvgIpc) is 3.18. The van der Waals surface area contributed by atoms with E-state index in [2.05, 4.69) is 10.0 Å².